The largest absolute Gasteiger partial charge is 0.480 e. The monoisotopic (exact) mass is 161 g/mol. The van der Waals surface area contributed by atoms with Crippen molar-refractivity contribution in [2.45, 2.75) is 20.0 Å². The van der Waals surface area contributed by atoms with Crippen LogP contribution in [-0.2, 0) is 4.79 Å². The normalized spacial score (nSPS) is 13.5. The van der Waals surface area contributed by atoms with Gasteiger partial charge in [-0.2, -0.15) is 0 Å². The maximum atomic E-state index is 10.2. The smallest absolute Gasteiger partial charge is 0.317 e. The first-order valence-corrected chi connectivity index (χ1v) is 3.68. The molecule has 0 rings (SSSR count). The Labute approximate surface area is 66.4 Å². The predicted octanol–water partition coefficient (Wildman–Crippen LogP) is -0.226. The number of nitrogens with zero attached hydrogens (tertiary/aromatic N) is 1. The van der Waals surface area contributed by atoms with E-state index in [4.69, 9.17) is 10.2 Å². The van der Waals surface area contributed by atoms with Gasteiger partial charge in [-0.05, 0) is 13.5 Å². The molecule has 0 aromatic heterocycles. The van der Waals surface area contributed by atoms with Crippen molar-refractivity contribution < 1.29 is 15.0 Å². The van der Waals surface area contributed by atoms with E-state index in [1.165, 1.54) is 0 Å². The first-order valence-electron chi connectivity index (χ1n) is 3.68. The second-order valence-electron chi connectivity index (χ2n) is 2.57. The summed E-state index contributed by atoms with van der Waals surface area (Å²) in [5, 5.41) is 17.3. The molecule has 0 saturated carbocycles. The standard InChI is InChI=1S/C7H15NO3/c1-3-8(4-6(2)9)5-7(10)11/h6,9H,3-5H2,1-2H3,(H,10,11). The van der Waals surface area contributed by atoms with Gasteiger partial charge < -0.3 is 10.2 Å². The highest BCUT2D eigenvalue weighted by atomic mass is 16.4. The lowest BCUT2D eigenvalue weighted by molar-refractivity contribution is -0.138. The number of aliphatic hydroxyl groups excluding tert-OH is 1. The van der Waals surface area contributed by atoms with Gasteiger partial charge in [-0.3, -0.25) is 9.69 Å². The predicted molar refractivity (Wildman–Crippen MR) is 41.4 cm³/mol. The number of rotatable bonds is 5. The number of aliphatic carboxylic acids is 1. The Hall–Kier alpha value is -0.610. The summed E-state index contributed by atoms with van der Waals surface area (Å²) in [5.74, 6) is -0.854. The van der Waals surface area contributed by atoms with Crippen molar-refractivity contribution in [3.63, 3.8) is 0 Å². The molecule has 0 bridgehead atoms. The number of aliphatic hydroxyl groups is 1. The fourth-order valence-corrected chi connectivity index (χ4v) is 0.870. The van der Waals surface area contributed by atoms with Crippen LogP contribution in [0.25, 0.3) is 0 Å². The van der Waals surface area contributed by atoms with Crippen LogP contribution in [0.3, 0.4) is 0 Å². The van der Waals surface area contributed by atoms with E-state index < -0.39 is 12.1 Å². The van der Waals surface area contributed by atoms with Gasteiger partial charge in [0.25, 0.3) is 0 Å². The molecule has 0 saturated heterocycles. The van der Waals surface area contributed by atoms with Crippen molar-refractivity contribution in [1.82, 2.24) is 4.90 Å². The Morgan fingerprint density at radius 1 is 1.64 bits per heavy atom. The third-order valence-electron chi connectivity index (χ3n) is 1.33. The van der Waals surface area contributed by atoms with E-state index in [9.17, 15) is 4.79 Å². The van der Waals surface area contributed by atoms with E-state index in [0.29, 0.717) is 13.1 Å². The number of likely N-dealkylation sites (N-methyl/N-ethyl adjacent to an activating group) is 1. The Morgan fingerprint density at radius 3 is 2.45 bits per heavy atom. The lowest BCUT2D eigenvalue weighted by Crippen LogP contribution is -2.35. The average molecular weight is 161 g/mol. The van der Waals surface area contributed by atoms with Crippen molar-refractivity contribution in [3.8, 4) is 0 Å². The summed E-state index contributed by atoms with van der Waals surface area (Å²) < 4.78 is 0. The van der Waals surface area contributed by atoms with Gasteiger partial charge in [0.2, 0.25) is 0 Å². The van der Waals surface area contributed by atoms with Gasteiger partial charge in [-0.25, -0.2) is 0 Å². The van der Waals surface area contributed by atoms with Gasteiger partial charge in [0, 0.05) is 6.54 Å². The molecule has 0 fully saturated rings. The van der Waals surface area contributed by atoms with Crippen LogP contribution in [0.4, 0.5) is 0 Å². The Balaban J connectivity index is 3.66. The molecule has 1 atom stereocenters. The molecule has 11 heavy (non-hydrogen) atoms. The molecule has 0 radical (unpaired) electrons. The van der Waals surface area contributed by atoms with Gasteiger partial charge in [0.1, 0.15) is 0 Å². The minimum atomic E-state index is -0.854. The summed E-state index contributed by atoms with van der Waals surface area (Å²) in [5.41, 5.74) is 0. The van der Waals surface area contributed by atoms with Crippen molar-refractivity contribution in [3.05, 3.63) is 0 Å². The van der Waals surface area contributed by atoms with Crippen LogP contribution < -0.4 is 0 Å². The highest BCUT2D eigenvalue weighted by Gasteiger charge is 2.08. The van der Waals surface area contributed by atoms with E-state index in [0.717, 1.165) is 0 Å². The molecular formula is C7H15NO3. The van der Waals surface area contributed by atoms with E-state index in [2.05, 4.69) is 0 Å². The van der Waals surface area contributed by atoms with Crippen LogP contribution in [0.15, 0.2) is 0 Å². The average Bonchev–Trinajstić information content (AvgIpc) is 1.84. The number of hydrogen-bond acceptors (Lipinski definition) is 3. The molecule has 0 aliphatic heterocycles. The fourth-order valence-electron chi connectivity index (χ4n) is 0.870. The maximum Gasteiger partial charge on any atom is 0.317 e. The van der Waals surface area contributed by atoms with Crippen LogP contribution in [0.2, 0.25) is 0 Å². The molecule has 0 heterocycles. The Morgan fingerprint density at radius 2 is 2.18 bits per heavy atom. The molecule has 66 valence electrons. The summed E-state index contributed by atoms with van der Waals surface area (Å²) in [4.78, 5) is 11.9. The molecule has 0 aliphatic rings. The third kappa shape index (κ3) is 5.82. The Bertz CT molecular complexity index is 125. The lowest BCUT2D eigenvalue weighted by atomic mass is 10.3. The van der Waals surface area contributed by atoms with Crippen LogP contribution in [-0.4, -0.2) is 46.8 Å². The molecule has 2 N–H and O–H groups in total. The van der Waals surface area contributed by atoms with Crippen molar-refractivity contribution in [1.29, 1.82) is 0 Å². The first kappa shape index (κ1) is 10.4. The molecule has 4 heteroatoms. The van der Waals surface area contributed by atoms with Crippen LogP contribution in [0.1, 0.15) is 13.8 Å². The summed E-state index contributed by atoms with van der Waals surface area (Å²) in [6, 6.07) is 0. The van der Waals surface area contributed by atoms with Gasteiger partial charge >= 0.3 is 5.97 Å². The molecule has 0 spiro atoms. The van der Waals surface area contributed by atoms with Gasteiger partial charge in [-0.15, -0.1) is 0 Å². The summed E-state index contributed by atoms with van der Waals surface area (Å²) in [6.07, 6.45) is -0.464. The second-order valence-corrected chi connectivity index (χ2v) is 2.57. The number of carbonyl (C=O) groups is 1. The van der Waals surface area contributed by atoms with Crippen LogP contribution in [0, 0.1) is 0 Å². The van der Waals surface area contributed by atoms with Gasteiger partial charge in [0.05, 0.1) is 12.6 Å². The summed E-state index contributed by atoms with van der Waals surface area (Å²) in [6.45, 7) is 4.58. The minimum absolute atomic E-state index is 0.00139. The fraction of sp³-hybridized carbons (Fsp3) is 0.857. The highest BCUT2D eigenvalue weighted by Crippen LogP contribution is 1.90. The maximum absolute atomic E-state index is 10.2. The van der Waals surface area contributed by atoms with E-state index in [1.54, 1.807) is 11.8 Å². The molecule has 4 nitrogen and oxygen atoms in total. The van der Waals surface area contributed by atoms with E-state index in [1.807, 2.05) is 6.92 Å². The lowest BCUT2D eigenvalue weighted by Gasteiger charge is -2.18. The topological polar surface area (TPSA) is 60.8 Å². The van der Waals surface area contributed by atoms with Crippen LogP contribution in [0.5, 0.6) is 0 Å². The van der Waals surface area contributed by atoms with E-state index in [-0.39, 0.29) is 6.54 Å². The highest BCUT2D eigenvalue weighted by molar-refractivity contribution is 5.69. The summed E-state index contributed by atoms with van der Waals surface area (Å²) in [7, 11) is 0. The van der Waals surface area contributed by atoms with Crippen molar-refractivity contribution in [2.75, 3.05) is 19.6 Å². The number of hydrogen-bond donors (Lipinski definition) is 2. The van der Waals surface area contributed by atoms with Crippen molar-refractivity contribution in [2.24, 2.45) is 0 Å². The number of carboxylic acid groups (broad SMARTS) is 1. The number of carboxylic acids is 1. The molecule has 0 aromatic rings. The molecule has 0 aromatic carbocycles. The van der Waals surface area contributed by atoms with Gasteiger partial charge in [0.15, 0.2) is 0 Å². The first-order chi connectivity index (χ1) is 5.06. The van der Waals surface area contributed by atoms with Crippen molar-refractivity contribution >= 4 is 5.97 Å². The molecule has 0 aliphatic carbocycles. The van der Waals surface area contributed by atoms with Gasteiger partial charge in [-0.1, -0.05) is 6.92 Å². The van der Waals surface area contributed by atoms with E-state index >= 15 is 0 Å². The summed E-state index contributed by atoms with van der Waals surface area (Å²) >= 11 is 0. The molecular weight excluding hydrogens is 146 g/mol. The molecule has 1 unspecified atom stereocenters. The van der Waals surface area contributed by atoms with Crippen LogP contribution >= 0.6 is 0 Å². The minimum Gasteiger partial charge on any atom is -0.480 e. The zero-order valence-corrected chi connectivity index (χ0v) is 6.95. The Kier molecular flexibility index (Phi) is 4.81. The quantitative estimate of drug-likeness (QED) is 0.585. The SMILES string of the molecule is CCN(CC(=O)O)CC(C)O. The zero-order valence-electron chi connectivity index (χ0n) is 6.95. The third-order valence-corrected chi connectivity index (χ3v) is 1.33. The zero-order chi connectivity index (χ0) is 8.85. The molecule has 0 amide bonds. The second kappa shape index (κ2) is 5.09.